The second-order valence-corrected chi connectivity index (χ2v) is 5.48. The summed E-state index contributed by atoms with van der Waals surface area (Å²) in [6.45, 7) is 2.04. The lowest BCUT2D eigenvalue weighted by Crippen LogP contribution is -2.05. The molecule has 0 bridgehead atoms. The summed E-state index contributed by atoms with van der Waals surface area (Å²) in [5.41, 5.74) is 0.674. The molecule has 0 atom stereocenters. The number of Topliss-reactive ketones (excluding diaryl/α,β-unsaturated/α-hetero) is 1. The molecule has 1 heterocycles. The van der Waals surface area contributed by atoms with Crippen molar-refractivity contribution in [2.45, 2.75) is 19.8 Å². The number of aryl methyl sites for hydroxylation is 1. The number of para-hydroxylation sites is 1. The van der Waals surface area contributed by atoms with Crippen molar-refractivity contribution in [3.8, 4) is 5.75 Å². The fraction of sp³-hybridized carbons (Fsp3) is 0.267. The van der Waals surface area contributed by atoms with Gasteiger partial charge in [-0.2, -0.15) is 0 Å². The van der Waals surface area contributed by atoms with Gasteiger partial charge in [0, 0.05) is 12.5 Å². The van der Waals surface area contributed by atoms with E-state index in [1.165, 1.54) is 17.4 Å². The predicted molar refractivity (Wildman–Crippen MR) is 81.2 cm³/mol. The molecule has 110 valence electrons. The molecule has 0 fully saturated rings. The maximum Gasteiger partial charge on any atom is 0.311 e. The predicted octanol–water partition coefficient (Wildman–Crippen LogP) is 4.01. The Balaban J connectivity index is 1.89. The zero-order valence-corrected chi connectivity index (χ0v) is 12.4. The highest BCUT2D eigenvalue weighted by Gasteiger charge is 2.17. The molecule has 21 heavy (non-hydrogen) atoms. The molecular weight excluding hydrogens is 290 g/mol. The third kappa shape index (κ3) is 3.88. The Kier molecular flexibility index (Phi) is 5.05. The van der Waals surface area contributed by atoms with Gasteiger partial charge in [0.05, 0.1) is 16.4 Å². The third-order valence-corrected chi connectivity index (χ3v) is 3.89. The number of benzene rings is 1. The third-order valence-electron chi connectivity index (χ3n) is 2.98. The molecule has 1 aromatic heterocycles. The van der Waals surface area contributed by atoms with Crippen LogP contribution in [0, 0.1) is 17.0 Å². The largest absolute Gasteiger partial charge is 0.487 e. The lowest BCUT2D eigenvalue weighted by atomic mass is 10.2. The van der Waals surface area contributed by atoms with E-state index in [-0.39, 0.29) is 23.8 Å². The SMILES string of the molecule is Cc1cccc([N+](=O)[O-])c1OCCCC(=O)c1cccs1. The first kappa shape index (κ1) is 15.2. The van der Waals surface area contributed by atoms with E-state index in [0.29, 0.717) is 18.4 Å². The van der Waals surface area contributed by atoms with Crippen LogP contribution in [0.1, 0.15) is 28.1 Å². The van der Waals surface area contributed by atoms with Crippen LogP contribution in [0.25, 0.3) is 0 Å². The van der Waals surface area contributed by atoms with Gasteiger partial charge in [0.15, 0.2) is 11.5 Å². The second kappa shape index (κ2) is 6.99. The van der Waals surface area contributed by atoms with Crippen molar-refractivity contribution >= 4 is 22.8 Å². The standard InChI is InChI=1S/C15H15NO4S/c1-11-5-2-6-12(16(18)19)15(11)20-9-3-7-13(17)14-8-4-10-21-14/h2,4-6,8,10H,3,7,9H2,1H3. The number of thiophene rings is 1. The molecule has 0 saturated carbocycles. The minimum absolute atomic E-state index is 0.0421. The molecule has 0 radical (unpaired) electrons. The van der Waals surface area contributed by atoms with Gasteiger partial charge in [-0.05, 0) is 30.4 Å². The van der Waals surface area contributed by atoms with E-state index in [9.17, 15) is 14.9 Å². The van der Waals surface area contributed by atoms with Crippen molar-refractivity contribution < 1.29 is 14.5 Å². The molecule has 5 nitrogen and oxygen atoms in total. The highest BCUT2D eigenvalue weighted by molar-refractivity contribution is 7.12. The Hall–Kier alpha value is -2.21. The van der Waals surface area contributed by atoms with Crippen molar-refractivity contribution in [2.24, 2.45) is 0 Å². The number of hydrogen-bond donors (Lipinski definition) is 0. The summed E-state index contributed by atoms with van der Waals surface area (Å²) in [5.74, 6) is 0.360. The van der Waals surface area contributed by atoms with Crippen LogP contribution in [-0.2, 0) is 0 Å². The number of nitrogens with zero attached hydrogens (tertiary/aromatic N) is 1. The van der Waals surface area contributed by atoms with Crippen LogP contribution in [0.15, 0.2) is 35.7 Å². The van der Waals surface area contributed by atoms with Gasteiger partial charge < -0.3 is 4.74 Å². The maximum absolute atomic E-state index is 11.8. The zero-order chi connectivity index (χ0) is 15.2. The molecule has 0 unspecified atom stereocenters. The Morgan fingerprint density at radius 1 is 1.33 bits per heavy atom. The Morgan fingerprint density at radius 2 is 2.14 bits per heavy atom. The van der Waals surface area contributed by atoms with Crippen LogP contribution in [0.3, 0.4) is 0 Å². The first-order chi connectivity index (χ1) is 10.1. The zero-order valence-electron chi connectivity index (χ0n) is 11.6. The van der Waals surface area contributed by atoms with E-state index in [2.05, 4.69) is 0 Å². The first-order valence-corrected chi connectivity index (χ1v) is 7.41. The molecular formula is C15H15NO4S. The number of nitro groups is 1. The summed E-state index contributed by atoms with van der Waals surface area (Å²) < 4.78 is 5.51. The van der Waals surface area contributed by atoms with Gasteiger partial charge in [0.25, 0.3) is 0 Å². The van der Waals surface area contributed by atoms with Crippen LogP contribution in [0.5, 0.6) is 5.75 Å². The topological polar surface area (TPSA) is 69.4 Å². The highest BCUT2D eigenvalue weighted by atomic mass is 32.1. The van der Waals surface area contributed by atoms with Crippen molar-refractivity contribution in [1.82, 2.24) is 0 Å². The number of rotatable bonds is 7. The number of carbonyl (C=O) groups is 1. The van der Waals surface area contributed by atoms with Crippen molar-refractivity contribution in [3.63, 3.8) is 0 Å². The van der Waals surface area contributed by atoms with Crippen LogP contribution >= 0.6 is 11.3 Å². The molecule has 2 aromatic rings. The number of ketones is 1. The van der Waals surface area contributed by atoms with E-state index in [0.717, 1.165) is 4.88 Å². The van der Waals surface area contributed by atoms with Crippen LogP contribution < -0.4 is 4.74 Å². The van der Waals surface area contributed by atoms with Gasteiger partial charge in [-0.25, -0.2) is 0 Å². The van der Waals surface area contributed by atoms with Crippen molar-refractivity contribution in [2.75, 3.05) is 6.61 Å². The van der Waals surface area contributed by atoms with E-state index in [1.54, 1.807) is 25.1 Å². The number of carbonyl (C=O) groups excluding carboxylic acids is 1. The lowest BCUT2D eigenvalue weighted by Gasteiger charge is -2.08. The van der Waals surface area contributed by atoms with Gasteiger partial charge in [0.1, 0.15) is 0 Å². The Labute approximate surface area is 126 Å². The van der Waals surface area contributed by atoms with Gasteiger partial charge in [-0.3, -0.25) is 14.9 Å². The average Bonchev–Trinajstić information content (AvgIpc) is 2.98. The molecule has 0 saturated heterocycles. The molecule has 0 aliphatic heterocycles. The van der Waals surface area contributed by atoms with Gasteiger partial charge in [0.2, 0.25) is 0 Å². The fourth-order valence-corrected chi connectivity index (χ4v) is 2.63. The van der Waals surface area contributed by atoms with Crippen LogP contribution in [-0.4, -0.2) is 17.3 Å². The summed E-state index contributed by atoms with van der Waals surface area (Å²) in [6, 6.07) is 8.43. The van der Waals surface area contributed by atoms with E-state index in [1.807, 2.05) is 11.4 Å². The van der Waals surface area contributed by atoms with E-state index in [4.69, 9.17) is 4.74 Å². The molecule has 0 N–H and O–H groups in total. The van der Waals surface area contributed by atoms with Crippen molar-refractivity contribution in [3.05, 3.63) is 56.3 Å². The minimum atomic E-state index is -0.459. The quantitative estimate of drug-likeness (QED) is 0.335. The monoisotopic (exact) mass is 305 g/mol. The Bertz CT molecular complexity index is 637. The van der Waals surface area contributed by atoms with Gasteiger partial charge >= 0.3 is 5.69 Å². The summed E-state index contributed by atoms with van der Waals surface area (Å²) >= 11 is 1.41. The minimum Gasteiger partial charge on any atom is -0.487 e. The maximum atomic E-state index is 11.8. The summed E-state index contributed by atoms with van der Waals surface area (Å²) in [5, 5.41) is 12.8. The Morgan fingerprint density at radius 3 is 2.81 bits per heavy atom. The highest BCUT2D eigenvalue weighted by Crippen LogP contribution is 2.30. The number of nitro benzene ring substituents is 1. The summed E-state index contributed by atoms with van der Waals surface area (Å²) in [4.78, 5) is 23.0. The molecule has 6 heteroatoms. The fourth-order valence-electron chi connectivity index (χ4n) is 1.94. The smallest absolute Gasteiger partial charge is 0.311 e. The molecule has 0 aliphatic carbocycles. The van der Waals surface area contributed by atoms with E-state index < -0.39 is 4.92 Å². The average molecular weight is 305 g/mol. The van der Waals surface area contributed by atoms with Crippen LogP contribution in [0.2, 0.25) is 0 Å². The first-order valence-electron chi connectivity index (χ1n) is 6.53. The molecule has 0 spiro atoms. The summed E-state index contributed by atoms with van der Waals surface area (Å²) in [7, 11) is 0. The normalized spacial score (nSPS) is 10.3. The molecule has 1 aromatic carbocycles. The second-order valence-electron chi connectivity index (χ2n) is 4.53. The van der Waals surface area contributed by atoms with Crippen molar-refractivity contribution in [1.29, 1.82) is 0 Å². The van der Waals surface area contributed by atoms with Crippen LogP contribution in [0.4, 0.5) is 5.69 Å². The van der Waals surface area contributed by atoms with Gasteiger partial charge in [-0.15, -0.1) is 11.3 Å². The van der Waals surface area contributed by atoms with Gasteiger partial charge in [-0.1, -0.05) is 18.2 Å². The molecule has 2 rings (SSSR count). The molecule has 0 aliphatic rings. The number of ether oxygens (including phenoxy) is 1. The van der Waals surface area contributed by atoms with E-state index >= 15 is 0 Å². The molecule has 0 amide bonds. The summed E-state index contributed by atoms with van der Waals surface area (Å²) in [6.07, 6.45) is 0.905. The number of hydrogen-bond acceptors (Lipinski definition) is 5. The lowest BCUT2D eigenvalue weighted by molar-refractivity contribution is -0.385.